The molecule has 0 N–H and O–H groups in total. The van der Waals surface area contributed by atoms with Crippen LogP contribution in [0.5, 0.6) is 0 Å². The lowest BCUT2D eigenvalue weighted by molar-refractivity contribution is 0.238. The molecular formula is C23H30ClN. The van der Waals surface area contributed by atoms with Gasteiger partial charge in [0.15, 0.2) is 0 Å². The molecular weight excluding hydrogens is 326 g/mol. The van der Waals surface area contributed by atoms with Gasteiger partial charge in [-0.15, -0.1) is 11.6 Å². The van der Waals surface area contributed by atoms with E-state index in [1.165, 1.54) is 42.4 Å². The van der Waals surface area contributed by atoms with E-state index < -0.39 is 0 Å². The number of hydrogen-bond donors (Lipinski definition) is 0. The average molecular weight is 356 g/mol. The molecule has 0 saturated heterocycles. The van der Waals surface area contributed by atoms with Crippen molar-refractivity contribution < 1.29 is 0 Å². The van der Waals surface area contributed by atoms with Crippen molar-refractivity contribution >= 4 is 11.6 Å². The Morgan fingerprint density at radius 3 is 2.36 bits per heavy atom. The highest BCUT2D eigenvalue weighted by molar-refractivity contribution is 6.21. The van der Waals surface area contributed by atoms with Crippen molar-refractivity contribution in [3.05, 3.63) is 71.3 Å². The number of alkyl halides is 1. The van der Waals surface area contributed by atoms with Gasteiger partial charge in [0.05, 0.1) is 0 Å². The lowest BCUT2D eigenvalue weighted by Crippen LogP contribution is -2.29. The fraction of sp³-hybridized carbons (Fsp3) is 0.478. The van der Waals surface area contributed by atoms with E-state index in [2.05, 4.69) is 73.5 Å². The van der Waals surface area contributed by atoms with Crippen LogP contribution in [0.4, 0.5) is 0 Å². The number of rotatable bonds is 7. The molecule has 0 aliphatic heterocycles. The van der Waals surface area contributed by atoms with Crippen LogP contribution in [0.3, 0.4) is 0 Å². The number of nitrogens with zero attached hydrogens (tertiary/aromatic N) is 1. The maximum atomic E-state index is 6.45. The van der Waals surface area contributed by atoms with E-state index in [1.807, 2.05) is 0 Å². The van der Waals surface area contributed by atoms with Crippen LogP contribution in [0.1, 0.15) is 55.2 Å². The van der Waals surface area contributed by atoms with Gasteiger partial charge in [0.1, 0.15) is 0 Å². The molecule has 0 heterocycles. The average Bonchev–Trinajstić information content (AvgIpc) is 3.07. The molecule has 3 rings (SSSR count). The van der Waals surface area contributed by atoms with Crippen molar-refractivity contribution in [1.29, 1.82) is 0 Å². The fourth-order valence-electron chi connectivity index (χ4n) is 3.84. The first-order valence-electron chi connectivity index (χ1n) is 9.60. The molecule has 1 fully saturated rings. The third-order valence-corrected chi connectivity index (χ3v) is 6.24. The summed E-state index contributed by atoms with van der Waals surface area (Å²) < 4.78 is 0. The van der Waals surface area contributed by atoms with Crippen LogP contribution in [-0.2, 0) is 13.0 Å². The number of hydrogen-bond acceptors (Lipinski definition) is 1. The monoisotopic (exact) mass is 355 g/mol. The van der Waals surface area contributed by atoms with Crippen LogP contribution >= 0.6 is 11.6 Å². The molecule has 2 aromatic rings. The zero-order valence-corrected chi connectivity index (χ0v) is 16.3. The van der Waals surface area contributed by atoms with E-state index in [1.54, 1.807) is 0 Å². The highest BCUT2D eigenvalue weighted by Crippen LogP contribution is 2.38. The SMILES string of the molecule is CC(CCc1ccc(C2CCCC2Cl)cc1)N(C)Cc1ccccc1. The summed E-state index contributed by atoms with van der Waals surface area (Å²) in [6, 6.07) is 20.5. The van der Waals surface area contributed by atoms with Crippen molar-refractivity contribution in [2.45, 2.75) is 62.9 Å². The zero-order chi connectivity index (χ0) is 17.6. The van der Waals surface area contributed by atoms with Gasteiger partial charge in [-0.05, 0) is 56.3 Å². The summed E-state index contributed by atoms with van der Waals surface area (Å²) in [5.41, 5.74) is 4.25. The molecule has 0 spiro atoms. The van der Waals surface area contributed by atoms with Gasteiger partial charge in [-0.2, -0.15) is 0 Å². The Labute approximate surface area is 158 Å². The van der Waals surface area contributed by atoms with Crippen LogP contribution in [0.2, 0.25) is 0 Å². The quantitative estimate of drug-likeness (QED) is 0.549. The summed E-state index contributed by atoms with van der Waals surface area (Å²) in [4.78, 5) is 2.44. The number of benzene rings is 2. The Bertz CT molecular complexity index is 637. The Hall–Kier alpha value is -1.31. The minimum atomic E-state index is 0.331. The van der Waals surface area contributed by atoms with Crippen LogP contribution in [0.15, 0.2) is 54.6 Å². The van der Waals surface area contributed by atoms with Gasteiger partial charge in [0.25, 0.3) is 0 Å². The first-order valence-corrected chi connectivity index (χ1v) is 10.0. The number of halogens is 1. The molecule has 0 aromatic heterocycles. The highest BCUT2D eigenvalue weighted by Gasteiger charge is 2.26. The van der Waals surface area contributed by atoms with Crippen molar-refractivity contribution in [3.8, 4) is 0 Å². The molecule has 134 valence electrons. The molecule has 0 radical (unpaired) electrons. The van der Waals surface area contributed by atoms with Crippen LogP contribution < -0.4 is 0 Å². The summed E-state index contributed by atoms with van der Waals surface area (Å²) in [7, 11) is 2.22. The van der Waals surface area contributed by atoms with E-state index in [-0.39, 0.29) is 0 Å². The van der Waals surface area contributed by atoms with Gasteiger partial charge in [-0.25, -0.2) is 0 Å². The molecule has 3 unspecified atom stereocenters. The van der Waals surface area contributed by atoms with E-state index >= 15 is 0 Å². The van der Waals surface area contributed by atoms with Crippen molar-refractivity contribution in [2.24, 2.45) is 0 Å². The Morgan fingerprint density at radius 1 is 1.00 bits per heavy atom. The van der Waals surface area contributed by atoms with Gasteiger partial charge in [-0.3, -0.25) is 4.90 Å². The second-order valence-corrected chi connectivity index (χ2v) is 8.14. The second-order valence-electron chi connectivity index (χ2n) is 7.58. The molecule has 1 saturated carbocycles. The van der Waals surface area contributed by atoms with Gasteiger partial charge in [0.2, 0.25) is 0 Å². The van der Waals surface area contributed by atoms with Gasteiger partial charge < -0.3 is 0 Å². The maximum Gasteiger partial charge on any atom is 0.0404 e. The zero-order valence-electron chi connectivity index (χ0n) is 15.5. The molecule has 0 bridgehead atoms. The standard InChI is InChI=1S/C23H30ClN/c1-18(25(2)17-20-7-4-3-5-8-20)11-12-19-13-15-21(16-14-19)22-9-6-10-23(22)24/h3-5,7-8,13-16,18,22-23H,6,9-12,17H2,1-2H3. The van der Waals surface area contributed by atoms with Crippen LogP contribution in [0.25, 0.3) is 0 Å². The minimum absolute atomic E-state index is 0.331. The van der Waals surface area contributed by atoms with E-state index in [0.717, 1.165) is 13.0 Å². The normalized spacial score (nSPS) is 21.6. The predicted octanol–water partition coefficient (Wildman–Crippen LogP) is 6.01. The predicted molar refractivity (Wildman–Crippen MR) is 108 cm³/mol. The molecule has 1 nitrogen and oxygen atoms in total. The minimum Gasteiger partial charge on any atom is -0.299 e. The summed E-state index contributed by atoms with van der Waals surface area (Å²) in [5.74, 6) is 0.562. The largest absolute Gasteiger partial charge is 0.299 e. The van der Waals surface area contributed by atoms with Gasteiger partial charge >= 0.3 is 0 Å². The Kier molecular flexibility index (Phi) is 6.56. The fourth-order valence-corrected chi connectivity index (χ4v) is 4.27. The number of aryl methyl sites for hydroxylation is 1. The summed E-state index contributed by atoms with van der Waals surface area (Å²) in [6.45, 7) is 3.34. The molecule has 1 aliphatic carbocycles. The Morgan fingerprint density at radius 2 is 1.72 bits per heavy atom. The summed E-state index contributed by atoms with van der Waals surface area (Å²) in [5, 5.41) is 0.331. The van der Waals surface area contributed by atoms with Gasteiger partial charge in [-0.1, -0.05) is 61.0 Å². The van der Waals surface area contributed by atoms with Crippen LogP contribution in [-0.4, -0.2) is 23.4 Å². The first-order chi connectivity index (χ1) is 12.1. The molecule has 1 aliphatic rings. The third-order valence-electron chi connectivity index (χ3n) is 5.72. The van der Waals surface area contributed by atoms with Crippen LogP contribution in [0, 0.1) is 0 Å². The van der Waals surface area contributed by atoms with Crippen molar-refractivity contribution in [3.63, 3.8) is 0 Å². The first kappa shape index (κ1) is 18.5. The van der Waals surface area contributed by atoms with Crippen molar-refractivity contribution in [2.75, 3.05) is 7.05 Å². The summed E-state index contributed by atoms with van der Waals surface area (Å²) >= 11 is 6.45. The third kappa shape index (κ3) is 5.09. The lowest BCUT2D eigenvalue weighted by atomic mass is 9.95. The van der Waals surface area contributed by atoms with Gasteiger partial charge in [0, 0.05) is 23.9 Å². The second kappa shape index (κ2) is 8.87. The van der Waals surface area contributed by atoms with E-state index in [0.29, 0.717) is 17.3 Å². The molecule has 0 amide bonds. The van der Waals surface area contributed by atoms with E-state index in [4.69, 9.17) is 11.6 Å². The lowest BCUT2D eigenvalue weighted by Gasteiger charge is -2.25. The molecule has 2 aromatic carbocycles. The van der Waals surface area contributed by atoms with Crippen molar-refractivity contribution in [1.82, 2.24) is 4.90 Å². The Balaban J connectivity index is 1.49. The molecule has 2 heteroatoms. The maximum absolute atomic E-state index is 6.45. The topological polar surface area (TPSA) is 3.24 Å². The molecule has 3 atom stereocenters. The summed E-state index contributed by atoms with van der Waals surface area (Å²) in [6.07, 6.45) is 6.00. The van der Waals surface area contributed by atoms with E-state index in [9.17, 15) is 0 Å². The smallest absolute Gasteiger partial charge is 0.0404 e. The highest BCUT2D eigenvalue weighted by atomic mass is 35.5. The molecule has 25 heavy (non-hydrogen) atoms.